The van der Waals surface area contributed by atoms with Crippen LogP contribution in [-0.4, -0.2) is 20.8 Å². The van der Waals surface area contributed by atoms with Gasteiger partial charge in [0.15, 0.2) is 0 Å². The topological polar surface area (TPSA) is 43.4 Å². The van der Waals surface area contributed by atoms with Crippen molar-refractivity contribution in [3.8, 4) is 0 Å². The second-order valence-electron chi connectivity index (χ2n) is 4.51. The monoisotopic (exact) mass is 368 g/mol. The van der Waals surface area contributed by atoms with E-state index in [4.69, 9.17) is 15.4 Å². The third-order valence-electron chi connectivity index (χ3n) is 2.64. The van der Waals surface area contributed by atoms with Crippen molar-refractivity contribution in [3.05, 3.63) is 34.3 Å². The maximum Gasteiger partial charge on any atom is 0.232 e. The molecule has 0 fully saturated rings. The normalized spacial score (nSPS) is 13.4. The van der Waals surface area contributed by atoms with Gasteiger partial charge in [0.05, 0.1) is 19.0 Å². The van der Waals surface area contributed by atoms with Gasteiger partial charge in [-0.05, 0) is 30.0 Å². The van der Waals surface area contributed by atoms with Gasteiger partial charge in [0.1, 0.15) is 0 Å². The van der Waals surface area contributed by atoms with Crippen molar-refractivity contribution in [2.75, 3.05) is 12.4 Å². The first-order valence-corrected chi connectivity index (χ1v) is 9.42. The predicted molar refractivity (Wildman–Crippen MR) is 81.8 cm³/mol. The first kappa shape index (κ1) is 17.0. The van der Waals surface area contributed by atoms with Crippen molar-refractivity contribution < 1.29 is 13.2 Å². The molecule has 0 radical (unpaired) electrons. The lowest BCUT2D eigenvalue weighted by atomic mass is 10.1. The molecule has 108 valence electrons. The van der Waals surface area contributed by atoms with Crippen molar-refractivity contribution in [3.63, 3.8) is 0 Å². The third kappa shape index (κ3) is 7.92. The summed E-state index contributed by atoms with van der Waals surface area (Å²) < 4.78 is 28.8. The van der Waals surface area contributed by atoms with Gasteiger partial charge in [-0.25, -0.2) is 8.42 Å². The third-order valence-corrected chi connectivity index (χ3v) is 4.38. The Hall–Kier alpha value is -0.100. The number of ether oxygens (including phenoxy) is 1. The van der Waals surface area contributed by atoms with Crippen LogP contribution in [-0.2, 0) is 20.4 Å². The Morgan fingerprint density at radius 2 is 2.16 bits per heavy atom. The zero-order valence-electron chi connectivity index (χ0n) is 10.8. The minimum absolute atomic E-state index is 0.0269. The van der Waals surface area contributed by atoms with Gasteiger partial charge < -0.3 is 4.74 Å². The standard InChI is InChI=1S/C13H18BrClO3S/c1-2-4-12(10-19(15,16)17)9-18-8-11-5-3-6-13(14)7-11/h3,5-7,12H,2,4,8-10H2,1H3. The molecule has 0 aromatic heterocycles. The van der Waals surface area contributed by atoms with E-state index in [1.165, 1.54) is 0 Å². The predicted octanol–water partition coefficient (Wildman–Crippen LogP) is 3.95. The SMILES string of the molecule is CCCC(COCc1cccc(Br)c1)CS(=O)(=O)Cl. The van der Waals surface area contributed by atoms with Gasteiger partial charge >= 0.3 is 0 Å². The average molecular weight is 370 g/mol. The fraction of sp³-hybridized carbons (Fsp3) is 0.538. The van der Waals surface area contributed by atoms with Crippen molar-refractivity contribution in [1.82, 2.24) is 0 Å². The van der Waals surface area contributed by atoms with E-state index in [-0.39, 0.29) is 11.7 Å². The highest BCUT2D eigenvalue weighted by atomic mass is 79.9. The minimum atomic E-state index is -3.46. The lowest BCUT2D eigenvalue weighted by Crippen LogP contribution is -2.18. The zero-order chi connectivity index (χ0) is 14.3. The van der Waals surface area contributed by atoms with E-state index in [1.807, 2.05) is 31.2 Å². The Bertz CT molecular complexity index is 490. The fourth-order valence-corrected chi connectivity index (χ4v) is 3.68. The molecule has 1 aromatic rings. The molecule has 3 nitrogen and oxygen atoms in total. The summed E-state index contributed by atoms with van der Waals surface area (Å²) in [5, 5.41) is 0. The van der Waals surface area contributed by atoms with Crippen LogP contribution in [0, 0.1) is 5.92 Å². The summed E-state index contributed by atoms with van der Waals surface area (Å²) in [6.45, 7) is 2.90. The Morgan fingerprint density at radius 3 is 2.74 bits per heavy atom. The highest BCUT2D eigenvalue weighted by molar-refractivity contribution is 9.10. The van der Waals surface area contributed by atoms with Crippen molar-refractivity contribution in [2.45, 2.75) is 26.4 Å². The summed E-state index contributed by atoms with van der Waals surface area (Å²) >= 11 is 3.40. The molecule has 0 saturated carbocycles. The summed E-state index contributed by atoms with van der Waals surface area (Å²) in [7, 11) is 1.83. The van der Waals surface area contributed by atoms with Gasteiger partial charge in [-0.3, -0.25) is 0 Å². The molecule has 0 spiro atoms. The van der Waals surface area contributed by atoms with Crippen LogP contribution in [0.1, 0.15) is 25.3 Å². The minimum Gasteiger partial charge on any atom is -0.376 e. The Kier molecular flexibility index (Phi) is 7.36. The second kappa shape index (κ2) is 8.25. The van der Waals surface area contributed by atoms with Crippen molar-refractivity contribution in [1.29, 1.82) is 0 Å². The summed E-state index contributed by atoms with van der Waals surface area (Å²) in [5.74, 6) is -0.0689. The molecule has 1 aromatic carbocycles. The Balaban J connectivity index is 2.44. The molecule has 0 amide bonds. The van der Waals surface area contributed by atoms with E-state index in [9.17, 15) is 8.42 Å². The van der Waals surface area contributed by atoms with Crippen LogP contribution in [0.15, 0.2) is 28.7 Å². The maximum atomic E-state index is 11.1. The van der Waals surface area contributed by atoms with Gasteiger partial charge in [0.2, 0.25) is 9.05 Å². The number of hydrogen-bond acceptors (Lipinski definition) is 3. The van der Waals surface area contributed by atoms with Gasteiger partial charge in [0, 0.05) is 15.2 Å². The Labute approximate surface area is 127 Å². The molecule has 19 heavy (non-hydrogen) atoms. The van der Waals surface area contributed by atoms with E-state index in [0.29, 0.717) is 13.2 Å². The zero-order valence-corrected chi connectivity index (χ0v) is 14.0. The summed E-state index contributed by atoms with van der Waals surface area (Å²) in [6.07, 6.45) is 1.71. The number of halogens is 2. The van der Waals surface area contributed by atoms with E-state index in [1.54, 1.807) is 0 Å². The summed E-state index contributed by atoms with van der Waals surface area (Å²) in [5.41, 5.74) is 1.05. The van der Waals surface area contributed by atoms with Crippen LogP contribution < -0.4 is 0 Å². The molecule has 1 atom stereocenters. The van der Waals surface area contributed by atoms with Gasteiger partial charge in [-0.1, -0.05) is 41.4 Å². The quantitative estimate of drug-likeness (QED) is 0.652. The number of hydrogen-bond donors (Lipinski definition) is 0. The van der Waals surface area contributed by atoms with Crippen molar-refractivity contribution in [2.24, 2.45) is 5.92 Å². The van der Waals surface area contributed by atoms with E-state index in [2.05, 4.69) is 15.9 Å². The van der Waals surface area contributed by atoms with E-state index in [0.717, 1.165) is 22.9 Å². The van der Waals surface area contributed by atoms with Gasteiger partial charge in [0.25, 0.3) is 0 Å². The van der Waals surface area contributed by atoms with Gasteiger partial charge in [-0.2, -0.15) is 0 Å². The molecular weight excluding hydrogens is 352 g/mol. The number of rotatable bonds is 8. The molecule has 0 heterocycles. The highest BCUT2D eigenvalue weighted by Crippen LogP contribution is 2.15. The molecule has 1 rings (SSSR count). The fourth-order valence-electron chi connectivity index (χ4n) is 1.87. The van der Waals surface area contributed by atoms with Crippen LogP contribution in [0.4, 0.5) is 0 Å². The average Bonchev–Trinajstić information content (AvgIpc) is 2.27. The molecular formula is C13H18BrClO3S. The summed E-state index contributed by atoms with van der Waals surface area (Å²) in [6, 6.07) is 7.84. The molecule has 0 aliphatic carbocycles. The van der Waals surface area contributed by atoms with Crippen LogP contribution in [0.5, 0.6) is 0 Å². The second-order valence-corrected chi connectivity index (χ2v) is 8.24. The van der Waals surface area contributed by atoms with Crippen molar-refractivity contribution >= 4 is 35.7 Å². The maximum absolute atomic E-state index is 11.1. The van der Waals surface area contributed by atoms with E-state index >= 15 is 0 Å². The summed E-state index contributed by atoms with van der Waals surface area (Å²) in [4.78, 5) is 0. The first-order chi connectivity index (χ1) is 8.90. The van der Waals surface area contributed by atoms with E-state index < -0.39 is 9.05 Å². The van der Waals surface area contributed by atoms with Crippen LogP contribution in [0.3, 0.4) is 0 Å². The Morgan fingerprint density at radius 1 is 1.42 bits per heavy atom. The molecule has 0 aliphatic rings. The highest BCUT2D eigenvalue weighted by Gasteiger charge is 2.16. The smallest absolute Gasteiger partial charge is 0.232 e. The lowest BCUT2D eigenvalue weighted by Gasteiger charge is -2.14. The molecule has 6 heteroatoms. The lowest BCUT2D eigenvalue weighted by molar-refractivity contribution is 0.0902. The molecule has 0 N–H and O–H groups in total. The molecule has 1 unspecified atom stereocenters. The van der Waals surface area contributed by atoms with Crippen LogP contribution >= 0.6 is 26.6 Å². The van der Waals surface area contributed by atoms with Crippen LogP contribution in [0.25, 0.3) is 0 Å². The first-order valence-electron chi connectivity index (χ1n) is 6.15. The molecule has 0 saturated heterocycles. The van der Waals surface area contributed by atoms with Crippen LogP contribution in [0.2, 0.25) is 0 Å². The molecule has 0 bridgehead atoms. The number of benzene rings is 1. The largest absolute Gasteiger partial charge is 0.376 e. The molecule has 0 aliphatic heterocycles. The van der Waals surface area contributed by atoms with Gasteiger partial charge in [-0.15, -0.1) is 0 Å².